The lowest BCUT2D eigenvalue weighted by molar-refractivity contribution is 0.904. The van der Waals surface area contributed by atoms with Crippen molar-refractivity contribution in [2.45, 2.75) is 19.8 Å². The van der Waals surface area contributed by atoms with Gasteiger partial charge in [-0.3, -0.25) is 0 Å². The van der Waals surface area contributed by atoms with Crippen LogP contribution in [0.4, 0.5) is 0 Å². The molecule has 80 valence electrons. The van der Waals surface area contributed by atoms with Crippen LogP contribution in [0.15, 0.2) is 18.3 Å². The lowest BCUT2D eigenvalue weighted by atomic mass is 10.2. The van der Waals surface area contributed by atoms with Crippen LogP contribution in [0, 0.1) is 0 Å². The number of imidazole rings is 1. The standard InChI is InChI=1S/C11H14ClN3/c1-2-10-14-11(12)9-4-3-8(5-6-13)7-15(9)10/h3-4,7H,2,5-6,13H2,1H3. The van der Waals surface area contributed by atoms with Gasteiger partial charge in [0.25, 0.3) is 0 Å². The Labute approximate surface area is 93.9 Å². The van der Waals surface area contributed by atoms with Gasteiger partial charge in [-0.15, -0.1) is 0 Å². The lowest BCUT2D eigenvalue weighted by Gasteiger charge is -2.02. The van der Waals surface area contributed by atoms with E-state index in [1.54, 1.807) is 0 Å². The predicted octanol–water partition coefficient (Wildman–Crippen LogP) is 2.05. The molecule has 0 unspecified atom stereocenters. The normalized spacial score (nSPS) is 11.1. The van der Waals surface area contributed by atoms with E-state index in [2.05, 4.69) is 24.2 Å². The molecule has 15 heavy (non-hydrogen) atoms. The Hall–Kier alpha value is -1.06. The number of pyridine rings is 1. The maximum atomic E-state index is 6.03. The van der Waals surface area contributed by atoms with Gasteiger partial charge >= 0.3 is 0 Å². The van der Waals surface area contributed by atoms with Crippen LogP contribution in [-0.2, 0) is 12.8 Å². The van der Waals surface area contributed by atoms with Gasteiger partial charge in [-0.2, -0.15) is 0 Å². The summed E-state index contributed by atoms with van der Waals surface area (Å²) < 4.78 is 2.05. The molecule has 0 radical (unpaired) electrons. The molecule has 2 aromatic heterocycles. The zero-order chi connectivity index (χ0) is 10.8. The van der Waals surface area contributed by atoms with Gasteiger partial charge in [-0.1, -0.05) is 24.6 Å². The van der Waals surface area contributed by atoms with Crippen LogP contribution in [0.2, 0.25) is 5.15 Å². The fraction of sp³-hybridized carbons (Fsp3) is 0.364. The van der Waals surface area contributed by atoms with Crippen LogP contribution in [-0.4, -0.2) is 15.9 Å². The molecular weight excluding hydrogens is 210 g/mol. The Kier molecular flexibility index (Phi) is 2.93. The third kappa shape index (κ3) is 1.85. The number of halogens is 1. The summed E-state index contributed by atoms with van der Waals surface area (Å²) in [5.74, 6) is 0.994. The molecule has 2 heterocycles. The minimum Gasteiger partial charge on any atom is -0.330 e. The van der Waals surface area contributed by atoms with E-state index in [1.807, 2.05) is 10.5 Å². The summed E-state index contributed by atoms with van der Waals surface area (Å²) in [6, 6.07) is 4.05. The molecule has 0 saturated carbocycles. The molecular formula is C11H14ClN3. The van der Waals surface area contributed by atoms with Crippen molar-refractivity contribution in [1.29, 1.82) is 0 Å². The molecule has 0 aliphatic carbocycles. The summed E-state index contributed by atoms with van der Waals surface area (Å²) in [6.07, 6.45) is 3.83. The second-order valence-corrected chi connectivity index (χ2v) is 3.86. The van der Waals surface area contributed by atoms with Crippen molar-refractivity contribution >= 4 is 17.1 Å². The molecule has 4 heteroatoms. The molecule has 2 aromatic rings. The van der Waals surface area contributed by atoms with Gasteiger partial charge in [-0.25, -0.2) is 4.98 Å². The Morgan fingerprint density at radius 2 is 2.27 bits per heavy atom. The molecule has 0 fully saturated rings. The van der Waals surface area contributed by atoms with E-state index in [4.69, 9.17) is 17.3 Å². The topological polar surface area (TPSA) is 43.3 Å². The van der Waals surface area contributed by atoms with Crippen molar-refractivity contribution in [2.75, 3.05) is 6.54 Å². The van der Waals surface area contributed by atoms with Crippen LogP contribution >= 0.6 is 11.6 Å². The van der Waals surface area contributed by atoms with Gasteiger partial charge < -0.3 is 10.1 Å². The van der Waals surface area contributed by atoms with Gasteiger partial charge in [0.05, 0.1) is 5.52 Å². The Morgan fingerprint density at radius 3 is 2.93 bits per heavy atom. The molecule has 2 N–H and O–H groups in total. The van der Waals surface area contributed by atoms with E-state index in [1.165, 1.54) is 5.56 Å². The second kappa shape index (κ2) is 4.21. The first-order valence-electron chi connectivity index (χ1n) is 5.11. The molecule has 0 bridgehead atoms. The van der Waals surface area contributed by atoms with Gasteiger partial charge in [-0.05, 0) is 24.6 Å². The smallest absolute Gasteiger partial charge is 0.155 e. The van der Waals surface area contributed by atoms with E-state index >= 15 is 0 Å². The monoisotopic (exact) mass is 223 g/mol. The van der Waals surface area contributed by atoms with E-state index in [0.29, 0.717) is 11.7 Å². The average Bonchev–Trinajstić information content (AvgIpc) is 2.56. The first-order chi connectivity index (χ1) is 7.26. The zero-order valence-corrected chi connectivity index (χ0v) is 9.46. The van der Waals surface area contributed by atoms with Crippen molar-refractivity contribution in [3.05, 3.63) is 34.9 Å². The van der Waals surface area contributed by atoms with Gasteiger partial charge in [0.1, 0.15) is 5.82 Å². The molecule has 0 saturated heterocycles. The summed E-state index contributed by atoms with van der Waals surface area (Å²) >= 11 is 6.03. The second-order valence-electron chi connectivity index (χ2n) is 3.50. The van der Waals surface area contributed by atoms with Crippen LogP contribution in [0.3, 0.4) is 0 Å². The third-order valence-electron chi connectivity index (χ3n) is 2.48. The molecule has 0 amide bonds. The van der Waals surface area contributed by atoms with E-state index in [9.17, 15) is 0 Å². The van der Waals surface area contributed by atoms with Crippen LogP contribution in [0.5, 0.6) is 0 Å². The first kappa shape index (κ1) is 10.5. The van der Waals surface area contributed by atoms with E-state index in [-0.39, 0.29) is 0 Å². The van der Waals surface area contributed by atoms with Crippen LogP contribution in [0.1, 0.15) is 18.3 Å². The highest BCUT2D eigenvalue weighted by atomic mass is 35.5. The van der Waals surface area contributed by atoms with Crippen molar-refractivity contribution in [3.63, 3.8) is 0 Å². The maximum absolute atomic E-state index is 6.03. The number of hydrogen-bond acceptors (Lipinski definition) is 2. The zero-order valence-electron chi connectivity index (χ0n) is 8.70. The lowest BCUT2D eigenvalue weighted by Crippen LogP contribution is -2.04. The molecule has 0 atom stereocenters. The quantitative estimate of drug-likeness (QED) is 0.866. The van der Waals surface area contributed by atoms with Crippen LogP contribution in [0.25, 0.3) is 5.52 Å². The molecule has 2 rings (SSSR count). The Morgan fingerprint density at radius 1 is 1.47 bits per heavy atom. The Balaban J connectivity index is 2.58. The number of aromatic nitrogens is 2. The third-order valence-corrected chi connectivity index (χ3v) is 2.75. The largest absolute Gasteiger partial charge is 0.330 e. The van der Waals surface area contributed by atoms with Crippen molar-refractivity contribution in [1.82, 2.24) is 9.38 Å². The van der Waals surface area contributed by atoms with Crippen molar-refractivity contribution < 1.29 is 0 Å². The summed E-state index contributed by atoms with van der Waals surface area (Å²) in [5.41, 5.74) is 7.71. The van der Waals surface area contributed by atoms with Gasteiger partial charge in [0.15, 0.2) is 5.15 Å². The highest BCUT2D eigenvalue weighted by Gasteiger charge is 2.07. The molecule has 0 aromatic carbocycles. The number of hydrogen-bond donors (Lipinski definition) is 1. The minimum atomic E-state index is 0.575. The van der Waals surface area contributed by atoms with E-state index < -0.39 is 0 Å². The molecule has 0 spiro atoms. The number of fused-ring (bicyclic) bond motifs is 1. The predicted molar refractivity (Wildman–Crippen MR) is 62.3 cm³/mol. The SMILES string of the molecule is CCc1nc(Cl)c2ccc(CCN)cn12. The fourth-order valence-corrected chi connectivity index (χ4v) is 1.97. The van der Waals surface area contributed by atoms with Gasteiger partial charge in [0.2, 0.25) is 0 Å². The molecule has 0 aliphatic heterocycles. The number of nitrogens with zero attached hydrogens (tertiary/aromatic N) is 2. The number of aryl methyl sites for hydroxylation is 1. The van der Waals surface area contributed by atoms with Crippen LogP contribution < -0.4 is 5.73 Å². The van der Waals surface area contributed by atoms with Crippen molar-refractivity contribution in [3.8, 4) is 0 Å². The number of rotatable bonds is 3. The summed E-state index contributed by atoms with van der Waals surface area (Å²) in [5, 5.41) is 0.575. The minimum absolute atomic E-state index is 0.575. The highest BCUT2D eigenvalue weighted by molar-refractivity contribution is 6.32. The summed E-state index contributed by atoms with van der Waals surface area (Å²) in [4.78, 5) is 4.31. The summed E-state index contributed by atoms with van der Waals surface area (Å²) in [7, 11) is 0. The average molecular weight is 224 g/mol. The summed E-state index contributed by atoms with van der Waals surface area (Å²) in [6.45, 7) is 2.73. The maximum Gasteiger partial charge on any atom is 0.155 e. The van der Waals surface area contributed by atoms with Gasteiger partial charge in [0, 0.05) is 12.6 Å². The Bertz CT molecular complexity index is 476. The first-order valence-corrected chi connectivity index (χ1v) is 5.49. The highest BCUT2D eigenvalue weighted by Crippen LogP contribution is 2.19. The fourth-order valence-electron chi connectivity index (χ4n) is 1.71. The molecule has 0 aliphatic rings. The van der Waals surface area contributed by atoms with E-state index in [0.717, 1.165) is 24.2 Å². The van der Waals surface area contributed by atoms with Crippen molar-refractivity contribution in [2.24, 2.45) is 5.73 Å². The number of nitrogens with two attached hydrogens (primary N) is 1. The molecule has 3 nitrogen and oxygen atoms in total.